The molecule has 0 bridgehead atoms. The third kappa shape index (κ3) is 5.03. The summed E-state index contributed by atoms with van der Waals surface area (Å²) in [6.45, 7) is 8.93. The predicted octanol–water partition coefficient (Wildman–Crippen LogP) is 1.26. The van der Waals surface area contributed by atoms with Crippen molar-refractivity contribution in [2.45, 2.75) is 39.5 Å². The summed E-state index contributed by atoms with van der Waals surface area (Å²) < 4.78 is 1.78. The Bertz CT molecular complexity index is 377. The Balaban J connectivity index is 2.29. The lowest BCUT2D eigenvalue weighted by molar-refractivity contribution is -0.118. The molecule has 0 saturated heterocycles. The summed E-state index contributed by atoms with van der Waals surface area (Å²) in [6, 6.07) is 0.241. The average molecular weight is 271 g/mol. The molecule has 0 aromatic carbocycles. The topological polar surface area (TPSA) is 72.7 Å². The summed E-state index contributed by atoms with van der Waals surface area (Å²) in [6.07, 6.45) is 0. The molecule has 1 aromatic heterocycles. The Morgan fingerprint density at radius 2 is 2.11 bits per heavy atom. The number of thioether (sulfide) groups is 1. The van der Waals surface area contributed by atoms with Gasteiger partial charge in [-0.1, -0.05) is 13.8 Å². The van der Waals surface area contributed by atoms with Crippen molar-refractivity contribution >= 4 is 17.7 Å². The number of rotatable bonds is 7. The summed E-state index contributed by atoms with van der Waals surface area (Å²) in [4.78, 5) is 11.5. The first-order chi connectivity index (χ1) is 8.50. The monoisotopic (exact) mass is 271 g/mol. The second-order valence-corrected chi connectivity index (χ2v) is 5.81. The number of amides is 1. The number of nitrogens with one attached hydrogen (secondary N) is 1. The van der Waals surface area contributed by atoms with Gasteiger partial charge in [-0.2, -0.15) is 0 Å². The zero-order valence-corrected chi connectivity index (χ0v) is 12.2. The molecule has 1 aromatic rings. The van der Waals surface area contributed by atoms with Gasteiger partial charge in [-0.25, -0.2) is 4.68 Å². The number of hydrogen-bond acceptors (Lipinski definition) is 5. The van der Waals surface area contributed by atoms with Gasteiger partial charge in [0.1, 0.15) is 0 Å². The highest BCUT2D eigenvalue weighted by Crippen LogP contribution is 2.12. The minimum absolute atomic E-state index is 0.0669. The van der Waals surface area contributed by atoms with Gasteiger partial charge in [-0.3, -0.25) is 4.79 Å². The Kier molecular flexibility index (Phi) is 6.11. The number of nitrogens with zero attached hydrogens (tertiary/aromatic N) is 4. The molecule has 0 unspecified atom stereocenters. The Labute approximate surface area is 112 Å². The molecule has 0 radical (unpaired) electrons. The van der Waals surface area contributed by atoms with Crippen molar-refractivity contribution in [3.63, 3.8) is 0 Å². The van der Waals surface area contributed by atoms with Crippen LogP contribution in [0.4, 0.5) is 0 Å². The van der Waals surface area contributed by atoms with Gasteiger partial charge >= 0.3 is 0 Å². The lowest BCUT2D eigenvalue weighted by Crippen LogP contribution is -2.28. The van der Waals surface area contributed by atoms with Crippen molar-refractivity contribution in [1.82, 2.24) is 25.5 Å². The molecule has 1 amide bonds. The number of tetrazole rings is 1. The van der Waals surface area contributed by atoms with Crippen LogP contribution in [-0.4, -0.2) is 38.4 Å². The van der Waals surface area contributed by atoms with Gasteiger partial charge in [0.2, 0.25) is 5.91 Å². The van der Waals surface area contributed by atoms with Gasteiger partial charge in [-0.15, -0.1) is 16.9 Å². The van der Waals surface area contributed by atoms with Crippen molar-refractivity contribution in [3.8, 4) is 0 Å². The van der Waals surface area contributed by atoms with E-state index in [1.807, 2.05) is 13.8 Å². The highest BCUT2D eigenvalue weighted by molar-refractivity contribution is 7.99. The number of aromatic nitrogens is 4. The molecule has 6 nitrogen and oxygen atoms in total. The first kappa shape index (κ1) is 14.9. The maximum Gasteiger partial charge on any atom is 0.230 e. The van der Waals surface area contributed by atoms with Gasteiger partial charge in [0, 0.05) is 6.54 Å². The fourth-order valence-electron chi connectivity index (χ4n) is 1.31. The SMILES string of the molecule is CC(C)CNC(=O)CSCc1nnnn1C(C)C. The molecule has 0 aliphatic rings. The van der Waals surface area contributed by atoms with Crippen LogP contribution < -0.4 is 5.32 Å². The third-order valence-corrected chi connectivity index (χ3v) is 3.15. The predicted molar refractivity (Wildman–Crippen MR) is 72.2 cm³/mol. The Hall–Kier alpha value is -1.11. The summed E-state index contributed by atoms with van der Waals surface area (Å²) >= 11 is 1.53. The van der Waals surface area contributed by atoms with E-state index in [0.29, 0.717) is 17.4 Å². The Morgan fingerprint density at radius 1 is 1.39 bits per heavy atom. The molecule has 0 spiro atoms. The van der Waals surface area contributed by atoms with E-state index >= 15 is 0 Å². The average Bonchev–Trinajstić information content (AvgIpc) is 2.74. The van der Waals surface area contributed by atoms with Crippen LogP contribution in [0.1, 0.15) is 39.6 Å². The van der Waals surface area contributed by atoms with Gasteiger partial charge in [0.15, 0.2) is 5.82 Å². The summed E-state index contributed by atoms with van der Waals surface area (Å²) in [5.41, 5.74) is 0. The van der Waals surface area contributed by atoms with E-state index in [9.17, 15) is 4.79 Å². The molecule has 0 fully saturated rings. The zero-order valence-electron chi connectivity index (χ0n) is 11.4. The van der Waals surface area contributed by atoms with Crippen molar-refractivity contribution in [2.75, 3.05) is 12.3 Å². The van der Waals surface area contributed by atoms with Crippen LogP contribution in [-0.2, 0) is 10.5 Å². The quantitative estimate of drug-likeness (QED) is 0.808. The highest BCUT2D eigenvalue weighted by atomic mass is 32.2. The largest absolute Gasteiger partial charge is 0.355 e. The molecule has 18 heavy (non-hydrogen) atoms. The molecule has 1 heterocycles. The van der Waals surface area contributed by atoms with Crippen molar-refractivity contribution in [3.05, 3.63) is 5.82 Å². The standard InChI is InChI=1S/C11H21N5OS/c1-8(2)5-12-11(17)7-18-6-10-13-14-15-16(10)9(3)4/h8-9H,5-7H2,1-4H3,(H,12,17). The van der Waals surface area contributed by atoms with Gasteiger partial charge in [0.25, 0.3) is 0 Å². The van der Waals surface area contributed by atoms with E-state index in [2.05, 4.69) is 34.7 Å². The van der Waals surface area contributed by atoms with E-state index in [1.165, 1.54) is 11.8 Å². The van der Waals surface area contributed by atoms with E-state index in [-0.39, 0.29) is 11.9 Å². The number of hydrogen-bond donors (Lipinski definition) is 1. The molecule has 1 rings (SSSR count). The Morgan fingerprint density at radius 3 is 2.72 bits per heavy atom. The minimum atomic E-state index is 0.0669. The van der Waals surface area contributed by atoms with Crippen molar-refractivity contribution < 1.29 is 4.79 Å². The normalized spacial score (nSPS) is 11.2. The fraction of sp³-hybridized carbons (Fsp3) is 0.818. The number of carbonyl (C=O) groups excluding carboxylic acids is 1. The maximum atomic E-state index is 11.5. The van der Waals surface area contributed by atoms with Crippen LogP contribution in [0.25, 0.3) is 0 Å². The maximum absolute atomic E-state index is 11.5. The van der Waals surface area contributed by atoms with Gasteiger partial charge in [-0.05, 0) is 30.2 Å². The molecule has 0 atom stereocenters. The second kappa shape index (κ2) is 7.35. The molecule has 0 aliphatic carbocycles. The molecule has 7 heteroatoms. The first-order valence-electron chi connectivity index (χ1n) is 6.12. The van der Waals surface area contributed by atoms with E-state index in [1.54, 1.807) is 4.68 Å². The lowest BCUT2D eigenvalue weighted by atomic mass is 10.2. The van der Waals surface area contributed by atoms with Crippen LogP contribution in [0, 0.1) is 5.92 Å². The highest BCUT2D eigenvalue weighted by Gasteiger charge is 2.10. The van der Waals surface area contributed by atoms with Gasteiger partial charge < -0.3 is 5.32 Å². The minimum Gasteiger partial charge on any atom is -0.355 e. The van der Waals surface area contributed by atoms with Gasteiger partial charge in [0.05, 0.1) is 17.5 Å². The van der Waals surface area contributed by atoms with Crippen molar-refractivity contribution in [1.29, 1.82) is 0 Å². The zero-order chi connectivity index (χ0) is 13.5. The second-order valence-electron chi connectivity index (χ2n) is 4.82. The van der Waals surface area contributed by atoms with E-state index < -0.39 is 0 Å². The molecular weight excluding hydrogens is 250 g/mol. The van der Waals surface area contributed by atoms with Crippen LogP contribution >= 0.6 is 11.8 Å². The third-order valence-electron chi connectivity index (χ3n) is 2.22. The summed E-state index contributed by atoms with van der Waals surface area (Å²) in [5, 5.41) is 14.4. The summed E-state index contributed by atoms with van der Waals surface area (Å²) in [5.74, 6) is 2.45. The number of carbonyl (C=O) groups is 1. The fourth-order valence-corrected chi connectivity index (χ4v) is 2.07. The molecule has 0 aliphatic heterocycles. The lowest BCUT2D eigenvalue weighted by Gasteiger charge is -2.08. The molecular formula is C11H21N5OS. The van der Waals surface area contributed by atoms with E-state index in [0.717, 1.165) is 12.4 Å². The summed E-state index contributed by atoms with van der Waals surface area (Å²) in [7, 11) is 0. The smallest absolute Gasteiger partial charge is 0.230 e. The molecule has 0 saturated carbocycles. The van der Waals surface area contributed by atoms with E-state index in [4.69, 9.17) is 0 Å². The molecule has 102 valence electrons. The van der Waals surface area contributed by atoms with Crippen molar-refractivity contribution in [2.24, 2.45) is 5.92 Å². The van der Waals surface area contributed by atoms with Crippen LogP contribution in [0.3, 0.4) is 0 Å². The van der Waals surface area contributed by atoms with Crippen LogP contribution in [0.15, 0.2) is 0 Å². The molecule has 1 N–H and O–H groups in total. The van der Waals surface area contributed by atoms with Crippen LogP contribution in [0.2, 0.25) is 0 Å². The first-order valence-corrected chi connectivity index (χ1v) is 7.27. The van der Waals surface area contributed by atoms with Crippen LogP contribution in [0.5, 0.6) is 0 Å².